The van der Waals surface area contributed by atoms with E-state index in [1.807, 2.05) is 6.92 Å². The van der Waals surface area contributed by atoms with Crippen LogP contribution in [-0.2, 0) is 9.84 Å². The molecule has 120 valence electrons. The zero-order chi connectivity index (χ0) is 17.3. The van der Waals surface area contributed by atoms with Crippen LogP contribution in [0.5, 0.6) is 0 Å². The Labute approximate surface area is 144 Å². The molecule has 24 heavy (non-hydrogen) atoms. The van der Waals surface area contributed by atoms with E-state index < -0.39 is 14.9 Å². The van der Waals surface area contributed by atoms with Gasteiger partial charge >= 0.3 is 0 Å². The van der Waals surface area contributed by atoms with Crippen LogP contribution in [-0.4, -0.2) is 13.4 Å². The lowest BCUT2D eigenvalue weighted by Crippen LogP contribution is -2.02. The summed E-state index contributed by atoms with van der Waals surface area (Å²) in [4.78, 5) is 4.03. The van der Waals surface area contributed by atoms with Crippen molar-refractivity contribution < 1.29 is 12.8 Å². The molecule has 5 nitrogen and oxygen atoms in total. The Kier molecular flexibility index (Phi) is 4.14. The summed E-state index contributed by atoms with van der Waals surface area (Å²) in [6.45, 7) is 1.85. The van der Waals surface area contributed by atoms with Crippen LogP contribution >= 0.6 is 11.6 Å². The van der Waals surface area contributed by atoms with Crippen molar-refractivity contribution >= 4 is 21.4 Å². The van der Waals surface area contributed by atoms with Gasteiger partial charge < -0.3 is 4.42 Å². The minimum Gasteiger partial charge on any atom is -0.423 e. The number of sulfone groups is 1. The summed E-state index contributed by atoms with van der Waals surface area (Å²) in [6.07, 6.45) is 0. The molecule has 0 bridgehead atoms. The van der Waals surface area contributed by atoms with Gasteiger partial charge in [0, 0.05) is 10.6 Å². The second-order valence-electron chi connectivity index (χ2n) is 5.09. The lowest BCUT2D eigenvalue weighted by Gasteiger charge is -2.01. The van der Waals surface area contributed by atoms with E-state index >= 15 is 0 Å². The first kappa shape index (κ1) is 16.2. The van der Waals surface area contributed by atoms with Crippen molar-refractivity contribution in [3.8, 4) is 17.5 Å². The van der Waals surface area contributed by atoms with Crippen LogP contribution < -0.4 is 0 Å². The van der Waals surface area contributed by atoms with Crippen LogP contribution in [0.2, 0.25) is 5.02 Å². The summed E-state index contributed by atoms with van der Waals surface area (Å²) >= 11 is 5.83. The van der Waals surface area contributed by atoms with Crippen molar-refractivity contribution in [2.45, 2.75) is 16.9 Å². The van der Waals surface area contributed by atoms with E-state index in [0.717, 1.165) is 5.56 Å². The molecular weight excluding hydrogens is 348 g/mol. The van der Waals surface area contributed by atoms with Gasteiger partial charge in [0.25, 0.3) is 5.09 Å². The summed E-state index contributed by atoms with van der Waals surface area (Å²) in [6, 6.07) is 14.6. The number of nitrogens with zero attached hydrogens (tertiary/aromatic N) is 2. The van der Waals surface area contributed by atoms with Crippen LogP contribution in [0.15, 0.2) is 62.9 Å². The number of rotatable bonds is 3. The van der Waals surface area contributed by atoms with Gasteiger partial charge in [0.2, 0.25) is 15.7 Å². The highest BCUT2D eigenvalue weighted by atomic mass is 35.5. The zero-order valence-electron chi connectivity index (χ0n) is 12.5. The molecule has 0 saturated heterocycles. The van der Waals surface area contributed by atoms with Crippen molar-refractivity contribution in [3.63, 3.8) is 0 Å². The van der Waals surface area contributed by atoms with E-state index in [1.165, 1.54) is 12.1 Å². The van der Waals surface area contributed by atoms with Gasteiger partial charge in [-0.15, -0.1) is 0 Å². The first-order valence-corrected chi connectivity index (χ1v) is 8.76. The molecule has 0 aliphatic heterocycles. The maximum absolute atomic E-state index is 12.7. The van der Waals surface area contributed by atoms with Gasteiger partial charge in [-0.1, -0.05) is 29.3 Å². The number of halogens is 1. The monoisotopic (exact) mass is 358 g/mol. The van der Waals surface area contributed by atoms with Crippen LogP contribution in [0.1, 0.15) is 11.3 Å². The largest absolute Gasteiger partial charge is 0.423 e. The Balaban J connectivity index is 2.13. The maximum Gasteiger partial charge on any atom is 0.261 e. The maximum atomic E-state index is 12.7. The van der Waals surface area contributed by atoms with Gasteiger partial charge in [0.15, 0.2) is 5.69 Å². The van der Waals surface area contributed by atoms with E-state index in [9.17, 15) is 13.7 Å². The van der Waals surface area contributed by atoms with Crippen LogP contribution in [0, 0.1) is 18.3 Å². The molecule has 0 aliphatic carbocycles. The summed E-state index contributed by atoms with van der Waals surface area (Å²) in [5.41, 5.74) is 1.18. The third-order valence-corrected chi connectivity index (χ3v) is 5.28. The Morgan fingerprint density at radius 1 is 1.08 bits per heavy atom. The van der Waals surface area contributed by atoms with Gasteiger partial charge in [-0.25, -0.2) is 8.42 Å². The number of oxazole rings is 1. The molecule has 0 atom stereocenters. The predicted molar refractivity (Wildman–Crippen MR) is 88.3 cm³/mol. The fourth-order valence-electron chi connectivity index (χ4n) is 2.10. The normalized spacial score (nSPS) is 11.2. The number of hydrogen-bond acceptors (Lipinski definition) is 5. The third kappa shape index (κ3) is 2.92. The average molecular weight is 359 g/mol. The van der Waals surface area contributed by atoms with Gasteiger partial charge in [-0.2, -0.15) is 10.2 Å². The molecular formula is C17H11ClN2O3S. The number of aromatic nitrogens is 1. The van der Waals surface area contributed by atoms with Crippen molar-refractivity contribution in [3.05, 3.63) is 64.8 Å². The first-order chi connectivity index (χ1) is 11.4. The second-order valence-corrected chi connectivity index (χ2v) is 7.38. The predicted octanol–water partition coefficient (Wildman–Crippen LogP) is 4.01. The molecule has 3 rings (SSSR count). The Bertz CT molecular complexity index is 1030. The molecule has 1 aromatic heterocycles. The molecule has 2 aromatic carbocycles. The minimum absolute atomic E-state index is 0.0448. The SMILES string of the molecule is Cc1ccc(S(=O)(=O)c2oc(-c3ccc(Cl)cc3)nc2C#N)cc1. The molecule has 7 heteroatoms. The molecule has 0 N–H and O–H groups in total. The lowest BCUT2D eigenvalue weighted by molar-refractivity contribution is 0.457. The lowest BCUT2D eigenvalue weighted by atomic mass is 10.2. The number of aryl methyl sites for hydroxylation is 1. The van der Waals surface area contributed by atoms with Crippen molar-refractivity contribution in [2.24, 2.45) is 0 Å². The van der Waals surface area contributed by atoms with Gasteiger partial charge in [-0.3, -0.25) is 0 Å². The number of hydrogen-bond donors (Lipinski definition) is 0. The number of benzene rings is 2. The van der Waals surface area contributed by atoms with Crippen molar-refractivity contribution in [1.82, 2.24) is 4.98 Å². The topological polar surface area (TPSA) is 84.0 Å². The highest BCUT2D eigenvalue weighted by Crippen LogP contribution is 2.29. The molecule has 3 aromatic rings. The van der Waals surface area contributed by atoms with Crippen LogP contribution in [0.4, 0.5) is 0 Å². The summed E-state index contributed by atoms with van der Waals surface area (Å²) in [7, 11) is -3.97. The van der Waals surface area contributed by atoms with Crippen LogP contribution in [0.3, 0.4) is 0 Å². The van der Waals surface area contributed by atoms with Gasteiger partial charge in [0.1, 0.15) is 6.07 Å². The van der Waals surface area contributed by atoms with E-state index in [-0.39, 0.29) is 16.5 Å². The highest BCUT2D eigenvalue weighted by Gasteiger charge is 2.28. The van der Waals surface area contributed by atoms with Gasteiger partial charge in [-0.05, 0) is 43.3 Å². The first-order valence-electron chi connectivity index (χ1n) is 6.90. The fourth-order valence-corrected chi connectivity index (χ4v) is 3.47. The molecule has 0 radical (unpaired) electrons. The highest BCUT2D eigenvalue weighted by molar-refractivity contribution is 7.91. The van der Waals surface area contributed by atoms with E-state index in [4.69, 9.17) is 16.0 Å². The van der Waals surface area contributed by atoms with Gasteiger partial charge in [0.05, 0.1) is 4.90 Å². The summed E-state index contributed by atoms with van der Waals surface area (Å²) < 4.78 is 30.9. The molecule has 0 unspecified atom stereocenters. The smallest absolute Gasteiger partial charge is 0.261 e. The van der Waals surface area contributed by atoms with Crippen molar-refractivity contribution in [1.29, 1.82) is 5.26 Å². The molecule has 0 fully saturated rings. The van der Waals surface area contributed by atoms with Crippen LogP contribution in [0.25, 0.3) is 11.5 Å². The average Bonchev–Trinajstić information content (AvgIpc) is 3.01. The summed E-state index contributed by atoms with van der Waals surface area (Å²) in [5, 5.41) is 9.29. The molecule has 1 heterocycles. The minimum atomic E-state index is -3.97. The van der Waals surface area contributed by atoms with Crippen molar-refractivity contribution in [2.75, 3.05) is 0 Å². The molecule has 0 saturated carbocycles. The summed E-state index contributed by atoms with van der Waals surface area (Å²) in [5.74, 6) is 0.0499. The Morgan fingerprint density at radius 2 is 1.71 bits per heavy atom. The molecule has 0 aliphatic rings. The molecule has 0 amide bonds. The zero-order valence-corrected chi connectivity index (χ0v) is 14.1. The number of nitriles is 1. The van der Waals surface area contributed by atoms with E-state index in [2.05, 4.69) is 4.98 Å². The van der Waals surface area contributed by atoms with E-state index in [1.54, 1.807) is 42.5 Å². The second kappa shape index (κ2) is 6.11. The standard InChI is InChI=1S/C17H11ClN2O3S/c1-11-2-8-14(9-3-11)24(21,22)17-15(10-19)20-16(23-17)12-4-6-13(18)7-5-12/h2-9H,1H3. The fraction of sp³-hybridized carbons (Fsp3) is 0.0588. The molecule has 0 spiro atoms. The van der Waals surface area contributed by atoms with E-state index in [0.29, 0.717) is 10.6 Å². The Hall–Kier alpha value is -2.62. The third-order valence-electron chi connectivity index (χ3n) is 3.37. The quantitative estimate of drug-likeness (QED) is 0.706. The Morgan fingerprint density at radius 3 is 2.29 bits per heavy atom.